The van der Waals surface area contributed by atoms with Crippen LogP contribution in [0.5, 0.6) is 0 Å². The number of halogens is 1. The Bertz CT molecular complexity index is 1010. The lowest BCUT2D eigenvalue weighted by Gasteiger charge is -2.34. The van der Waals surface area contributed by atoms with Gasteiger partial charge in [-0.1, -0.05) is 61.2 Å². The third kappa shape index (κ3) is 4.61. The van der Waals surface area contributed by atoms with Gasteiger partial charge in [0.15, 0.2) is 0 Å². The summed E-state index contributed by atoms with van der Waals surface area (Å²) in [4.78, 5) is 19.7. The van der Waals surface area contributed by atoms with Gasteiger partial charge in [-0.3, -0.25) is 4.79 Å². The summed E-state index contributed by atoms with van der Waals surface area (Å²) in [6.07, 6.45) is 9.03. The molecule has 0 unspecified atom stereocenters. The van der Waals surface area contributed by atoms with Crippen LogP contribution < -0.4 is 0 Å². The van der Waals surface area contributed by atoms with Crippen molar-refractivity contribution in [1.29, 1.82) is 0 Å². The topological polar surface area (TPSA) is 38.1 Å². The van der Waals surface area contributed by atoms with E-state index in [1.807, 2.05) is 11.1 Å². The van der Waals surface area contributed by atoms with Crippen LogP contribution in [0, 0.1) is 12.7 Å². The predicted molar refractivity (Wildman–Crippen MR) is 116 cm³/mol. The van der Waals surface area contributed by atoms with E-state index < -0.39 is 5.82 Å². The van der Waals surface area contributed by atoms with E-state index in [0.29, 0.717) is 13.1 Å². The van der Waals surface area contributed by atoms with Crippen molar-refractivity contribution in [3.63, 3.8) is 0 Å². The van der Waals surface area contributed by atoms with Gasteiger partial charge in [0.25, 0.3) is 5.91 Å². The lowest BCUT2D eigenvalue weighted by Crippen LogP contribution is -2.42. The smallest absolute Gasteiger partial charge is 0.257 e. The summed E-state index contributed by atoms with van der Waals surface area (Å²) in [7, 11) is 0. The summed E-state index contributed by atoms with van der Waals surface area (Å²) in [5.74, 6) is 0.114. The normalized spacial score (nSPS) is 14.6. The standard InChI is InChI=1S/C25H28FN3O/c1-19-8-7-9-20(16-19)17-28-15-14-27-24(28)18-29(21-10-3-2-4-11-21)25(30)22-12-5-6-13-23(22)26/h5-9,12-16,21H,2-4,10-11,17-18H2,1H3. The van der Waals surface area contributed by atoms with Crippen LogP contribution in [0.15, 0.2) is 60.9 Å². The number of hydrogen-bond acceptors (Lipinski definition) is 2. The molecule has 4 nitrogen and oxygen atoms in total. The summed E-state index contributed by atoms with van der Waals surface area (Å²) in [5.41, 5.74) is 2.55. The van der Waals surface area contributed by atoms with E-state index in [1.165, 1.54) is 23.6 Å². The molecule has 1 aliphatic rings. The Morgan fingerprint density at radius 2 is 1.93 bits per heavy atom. The van der Waals surface area contributed by atoms with Crippen LogP contribution in [0.4, 0.5) is 4.39 Å². The first-order valence-electron chi connectivity index (χ1n) is 10.7. The number of aryl methyl sites for hydroxylation is 1. The van der Waals surface area contributed by atoms with E-state index in [2.05, 4.69) is 40.7 Å². The molecule has 0 N–H and O–H groups in total. The van der Waals surface area contributed by atoms with Crippen molar-refractivity contribution >= 4 is 5.91 Å². The Morgan fingerprint density at radius 1 is 1.13 bits per heavy atom. The maximum Gasteiger partial charge on any atom is 0.257 e. The predicted octanol–water partition coefficient (Wildman–Crippen LogP) is 5.35. The van der Waals surface area contributed by atoms with Crippen LogP contribution in [0.3, 0.4) is 0 Å². The SMILES string of the molecule is Cc1cccc(Cn2ccnc2CN(C(=O)c2ccccc2F)C2CCCCC2)c1. The molecule has 0 atom stereocenters. The minimum Gasteiger partial charge on any atom is -0.329 e. The van der Waals surface area contributed by atoms with Crippen molar-refractivity contribution in [2.45, 2.75) is 58.2 Å². The van der Waals surface area contributed by atoms with E-state index in [9.17, 15) is 9.18 Å². The maximum atomic E-state index is 14.4. The van der Waals surface area contributed by atoms with E-state index in [4.69, 9.17) is 0 Å². The molecule has 0 radical (unpaired) electrons. The molecule has 0 spiro atoms. The van der Waals surface area contributed by atoms with E-state index >= 15 is 0 Å². The van der Waals surface area contributed by atoms with Crippen molar-refractivity contribution in [3.05, 3.63) is 89.3 Å². The van der Waals surface area contributed by atoms with Crippen LogP contribution in [0.2, 0.25) is 0 Å². The third-order valence-corrected chi connectivity index (χ3v) is 5.93. The van der Waals surface area contributed by atoms with Gasteiger partial charge in [0.2, 0.25) is 0 Å². The first kappa shape index (κ1) is 20.3. The molecule has 5 heteroatoms. The molecule has 1 fully saturated rings. The summed E-state index contributed by atoms with van der Waals surface area (Å²) < 4.78 is 16.5. The van der Waals surface area contributed by atoms with E-state index in [-0.39, 0.29) is 17.5 Å². The fourth-order valence-electron chi connectivity index (χ4n) is 4.34. The maximum absolute atomic E-state index is 14.4. The summed E-state index contributed by atoms with van der Waals surface area (Å²) in [5, 5.41) is 0. The molecule has 1 amide bonds. The van der Waals surface area contributed by atoms with Gasteiger partial charge in [-0.05, 0) is 37.5 Å². The van der Waals surface area contributed by atoms with Crippen LogP contribution in [-0.4, -0.2) is 26.4 Å². The second-order valence-corrected chi connectivity index (χ2v) is 8.17. The number of hydrogen-bond donors (Lipinski definition) is 0. The van der Waals surface area contributed by atoms with Crippen LogP contribution in [0.1, 0.15) is 59.4 Å². The van der Waals surface area contributed by atoms with Crippen molar-refractivity contribution in [2.75, 3.05) is 0 Å². The molecule has 4 rings (SSSR count). The number of carbonyl (C=O) groups is 1. The van der Waals surface area contributed by atoms with Crippen molar-refractivity contribution in [2.24, 2.45) is 0 Å². The molecule has 1 saturated carbocycles. The van der Waals surface area contributed by atoms with Crippen molar-refractivity contribution < 1.29 is 9.18 Å². The Morgan fingerprint density at radius 3 is 2.70 bits per heavy atom. The highest BCUT2D eigenvalue weighted by Crippen LogP contribution is 2.26. The van der Waals surface area contributed by atoms with Crippen LogP contribution in [0.25, 0.3) is 0 Å². The molecular weight excluding hydrogens is 377 g/mol. The molecule has 1 aliphatic carbocycles. The Labute approximate surface area is 177 Å². The van der Waals surface area contributed by atoms with Crippen LogP contribution in [-0.2, 0) is 13.1 Å². The van der Waals surface area contributed by atoms with Crippen LogP contribution >= 0.6 is 0 Å². The Hall–Kier alpha value is -2.95. The Kier molecular flexibility index (Phi) is 6.26. The highest BCUT2D eigenvalue weighted by atomic mass is 19.1. The molecular formula is C25H28FN3O. The number of aromatic nitrogens is 2. The van der Waals surface area contributed by atoms with Gasteiger partial charge in [-0.2, -0.15) is 0 Å². The van der Waals surface area contributed by atoms with Gasteiger partial charge < -0.3 is 9.47 Å². The Balaban J connectivity index is 1.60. The quantitative estimate of drug-likeness (QED) is 0.554. The molecule has 1 heterocycles. The fraction of sp³-hybridized carbons (Fsp3) is 0.360. The summed E-state index contributed by atoms with van der Waals surface area (Å²) in [6.45, 7) is 3.16. The van der Waals surface area contributed by atoms with Gasteiger partial charge in [-0.15, -0.1) is 0 Å². The highest BCUT2D eigenvalue weighted by molar-refractivity contribution is 5.94. The van der Waals surface area contributed by atoms with E-state index in [1.54, 1.807) is 24.4 Å². The average molecular weight is 406 g/mol. The monoisotopic (exact) mass is 405 g/mol. The first-order chi connectivity index (χ1) is 14.6. The summed E-state index contributed by atoms with van der Waals surface area (Å²) in [6, 6.07) is 14.8. The molecule has 1 aromatic heterocycles. The second kappa shape index (κ2) is 9.24. The molecule has 2 aromatic carbocycles. The number of imidazole rings is 1. The molecule has 3 aromatic rings. The van der Waals surface area contributed by atoms with E-state index in [0.717, 1.165) is 31.5 Å². The molecule has 30 heavy (non-hydrogen) atoms. The zero-order valence-electron chi connectivity index (χ0n) is 17.4. The van der Waals surface area contributed by atoms with Crippen molar-refractivity contribution in [1.82, 2.24) is 14.5 Å². The molecule has 0 aliphatic heterocycles. The number of carbonyl (C=O) groups excluding carboxylic acids is 1. The van der Waals surface area contributed by atoms with Crippen molar-refractivity contribution in [3.8, 4) is 0 Å². The minimum atomic E-state index is -0.466. The number of nitrogens with zero attached hydrogens (tertiary/aromatic N) is 3. The lowest BCUT2D eigenvalue weighted by atomic mass is 9.93. The first-order valence-corrected chi connectivity index (χ1v) is 10.7. The average Bonchev–Trinajstić information content (AvgIpc) is 3.19. The zero-order valence-corrected chi connectivity index (χ0v) is 17.4. The van der Waals surface area contributed by atoms with Gasteiger partial charge in [0.05, 0.1) is 12.1 Å². The van der Waals surface area contributed by atoms with Gasteiger partial charge >= 0.3 is 0 Å². The fourth-order valence-corrected chi connectivity index (χ4v) is 4.34. The highest BCUT2D eigenvalue weighted by Gasteiger charge is 2.29. The van der Waals surface area contributed by atoms with Gasteiger partial charge in [0.1, 0.15) is 11.6 Å². The number of benzene rings is 2. The molecule has 156 valence electrons. The minimum absolute atomic E-state index is 0.120. The lowest BCUT2D eigenvalue weighted by molar-refractivity contribution is 0.0600. The largest absolute Gasteiger partial charge is 0.329 e. The molecule has 0 bridgehead atoms. The third-order valence-electron chi connectivity index (χ3n) is 5.93. The second-order valence-electron chi connectivity index (χ2n) is 8.17. The summed E-state index contributed by atoms with van der Waals surface area (Å²) >= 11 is 0. The number of amides is 1. The zero-order chi connectivity index (χ0) is 20.9. The number of rotatable bonds is 6. The molecule has 0 saturated heterocycles. The van der Waals surface area contributed by atoms with Gasteiger partial charge in [0, 0.05) is 25.0 Å². The van der Waals surface area contributed by atoms with Gasteiger partial charge in [-0.25, -0.2) is 9.37 Å².